The van der Waals surface area contributed by atoms with E-state index in [2.05, 4.69) is 46.1 Å². The van der Waals surface area contributed by atoms with Gasteiger partial charge in [-0.3, -0.25) is 4.98 Å². The molecule has 2 heteroatoms. The highest BCUT2D eigenvalue weighted by atomic mass is 32.1. The van der Waals surface area contributed by atoms with Gasteiger partial charge >= 0.3 is 0 Å². The molecule has 1 nitrogen and oxygen atoms in total. The maximum atomic E-state index is 4.92. The van der Waals surface area contributed by atoms with E-state index in [1.54, 1.807) is 0 Å². The Hall–Kier alpha value is -0.890. The summed E-state index contributed by atoms with van der Waals surface area (Å²) >= 11 is 1.83. The van der Waals surface area contributed by atoms with E-state index < -0.39 is 0 Å². The Labute approximate surface area is 108 Å². The van der Waals surface area contributed by atoms with Crippen LogP contribution in [0.4, 0.5) is 0 Å². The molecule has 2 aromatic heterocycles. The van der Waals surface area contributed by atoms with Crippen molar-refractivity contribution < 1.29 is 0 Å². The lowest BCUT2D eigenvalue weighted by atomic mass is 9.92. The molecule has 0 aliphatic rings. The van der Waals surface area contributed by atoms with Crippen LogP contribution in [0.5, 0.6) is 0 Å². The molecule has 0 saturated carbocycles. The van der Waals surface area contributed by atoms with Crippen molar-refractivity contribution in [2.45, 2.75) is 52.9 Å². The molecule has 0 saturated heterocycles. The number of fused-ring (bicyclic) bond motifs is 1. The molecule has 0 unspecified atom stereocenters. The number of thiophene rings is 1. The third-order valence-corrected chi connectivity index (χ3v) is 4.17. The zero-order valence-electron chi connectivity index (χ0n) is 11.4. The average molecular weight is 247 g/mol. The summed E-state index contributed by atoms with van der Waals surface area (Å²) < 4.78 is 1.39. The van der Waals surface area contributed by atoms with Crippen molar-refractivity contribution in [1.82, 2.24) is 4.98 Å². The highest BCUT2D eigenvalue weighted by molar-refractivity contribution is 7.17. The van der Waals surface area contributed by atoms with Crippen LogP contribution in [0.2, 0.25) is 0 Å². The molecule has 0 spiro atoms. The van der Waals surface area contributed by atoms with Crippen molar-refractivity contribution in [3.05, 3.63) is 28.4 Å². The van der Waals surface area contributed by atoms with E-state index in [4.69, 9.17) is 4.98 Å². The fourth-order valence-corrected chi connectivity index (χ4v) is 3.40. The maximum absolute atomic E-state index is 4.92. The van der Waals surface area contributed by atoms with E-state index in [9.17, 15) is 0 Å². The second-order valence-electron chi connectivity index (χ2n) is 5.18. The summed E-state index contributed by atoms with van der Waals surface area (Å²) in [5, 5.41) is 3.63. The summed E-state index contributed by atoms with van der Waals surface area (Å²) in [7, 11) is 0. The molecule has 0 N–H and O–H groups in total. The number of hydrogen-bond donors (Lipinski definition) is 0. The van der Waals surface area contributed by atoms with E-state index in [-0.39, 0.29) is 0 Å². The highest BCUT2D eigenvalue weighted by Crippen LogP contribution is 2.35. The molecule has 0 aliphatic heterocycles. The second-order valence-corrected chi connectivity index (χ2v) is 6.10. The standard InChI is InChI=1S/C15H21NS/c1-6-12-15-11(7-8-17-15)13(9(2)3)14(16-12)10(4)5/h7-10H,6H2,1-5H3. The Morgan fingerprint density at radius 2 is 1.88 bits per heavy atom. The van der Waals surface area contributed by atoms with Crippen molar-refractivity contribution in [2.75, 3.05) is 0 Å². The molecule has 2 aromatic rings. The van der Waals surface area contributed by atoms with Crippen LogP contribution in [0.15, 0.2) is 11.4 Å². The molecule has 0 aromatic carbocycles. The van der Waals surface area contributed by atoms with Crippen LogP contribution in [0.3, 0.4) is 0 Å². The third-order valence-electron chi connectivity index (χ3n) is 3.21. The Kier molecular flexibility index (Phi) is 3.53. The van der Waals surface area contributed by atoms with E-state index in [0.29, 0.717) is 11.8 Å². The predicted molar refractivity (Wildman–Crippen MR) is 77.2 cm³/mol. The van der Waals surface area contributed by atoms with Gasteiger partial charge in [-0.05, 0) is 40.7 Å². The molecule has 0 amide bonds. The van der Waals surface area contributed by atoms with Gasteiger partial charge < -0.3 is 0 Å². The first-order valence-corrected chi connectivity index (χ1v) is 7.34. The van der Waals surface area contributed by atoms with E-state index in [1.165, 1.54) is 27.0 Å². The molecule has 0 radical (unpaired) electrons. The molecule has 2 rings (SSSR count). The minimum Gasteiger partial charge on any atom is -0.256 e. The van der Waals surface area contributed by atoms with Crippen LogP contribution in [-0.4, -0.2) is 4.98 Å². The fourth-order valence-electron chi connectivity index (χ4n) is 2.43. The molecule has 0 bridgehead atoms. The van der Waals surface area contributed by atoms with Crippen LogP contribution in [0, 0.1) is 0 Å². The molecular formula is C15H21NS. The molecule has 0 atom stereocenters. The van der Waals surface area contributed by atoms with Crippen molar-refractivity contribution >= 4 is 21.4 Å². The van der Waals surface area contributed by atoms with Crippen LogP contribution in [0.25, 0.3) is 10.1 Å². The van der Waals surface area contributed by atoms with Gasteiger partial charge in [-0.15, -0.1) is 11.3 Å². The molecule has 2 heterocycles. The summed E-state index contributed by atoms with van der Waals surface area (Å²) in [6.07, 6.45) is 1.02. The summed E-state index contributed by atoms with van der Waals surface area (Å²) in [5.41, 5.74) is 4.01. The number of rotatable bonds is 3. The topological polar surface area (TPSA) is 12.9 Å². The smallest absolute Gasteiger partial charge is 0.0582 e. The predicted octanol–water partition coefficient (Wildman–Crippen LogP) is 5.11. The Morgan fingerprint density at radius 3 is 2.41 bits per heavy atom. The lowest BCUT2D eigenvalue weighted by Crippen LogP contribution is -2.05. The molecule has 92 valence electrons. The van der Waals surface area contributed by atoms with Gasteiger partial charge in [-0.25, -0.2) is 0 Å². The van der Waals surface area contributed by atoms with Gasteiger partial charge in [-0.1, -0.05) is 34.6 Å². The van der Waals surface area contributed by atoms with Gasteiger partial charge in [0.25, 0.3) is 0 Å². The number of pyridine rings is 1. The van der Waals surface area contributed by atoms with Crippen molar-refractivity contribution in [1.29, 1.82) is 0 Å². The minimum absolute atomic E-state index is 0.502. The Bertz CT molecular complexity index is 523. The summed E-state index contributed by atoms with van der Waals surface area (Å²) in [6.45, 7) is 11.2. The largest absolute Gasteiger partial charge is 0.256 e. The number of hydrogen-bond acceptors (Lipinski definition) is 2. The molecule has 0 fully saturated rings. The van der Waals surface area contributed by atoms with Crippen LogP contribution in [0.1, 0.15) is 63.4 Å². The molecule has 0 aliphatic carbocycles. The third kappa shape index (κ3) is 2.11. The lowest BCUT2D eigenvalue weighted by molar-refractivity contribution is 0.757. The maximum Gasteiger partial charge on any atom is 0.0582 e. The summed E-state index contributed by atoms with van der Waals surface area (Å²) in [4.78, 5) is 4.92. The monoisotopic (exact) mass is 247 g/mol. The van der Waals surface area contributed by atoms with Crippen LogP contribution < -0.4 is 0 Å². The number of aromatic nitrogens is 1. The van der Waals surface area contributed by atoms with Gasteiger partial charge in [0, 0.05) is 5.69 Å². The normalized spacial score (nSPS) is 11.9. The van der Waals surface area contributed by atoms with Crippen molar-refractivity contribution in [3.63, 3.8) is 0 Å². The van der Waals surface area contributed by atoms with Gasteiger partial charge in [0.2, 0.25) is 0 Å². The minimum atomic E-state index is 0.502. The molecular weight excluding hydrogens is 226 g/mol. The summed E-state index contributed by atoms with van der Waals surface area (Å²) in [5.74, 6) is 1.05. The van der Waals surface area contributed by atoms with Crippen molar-refractivity contribution in [3.8, 4) is 0 Å². The van der Waals surface area contributed by atoms with E-state index >= 15 is 0 Å². The SMILES string of the molecule is CCc1nc(C(C)C)c(C(C)C)c2ccsc12. The molecule has 17 heavy (non-hydrogen) atoms. The fraction of sp³-hybridized carbons (Fsp3) is 0.533. The first-order chi connectivity index (χ1) is 8.06. The lowest BCUT2D eigenvalue weighted by Gasteiger charge is -2.18. The quantitative estimate of drug-likeness (QED) is 0.735. The Morgan fingerprint density at radius 1 is 1.18 bits per heavy atom. The first kappa shape index (κ1) is 12.6. The van der Waals surface area contributed by atoms with E-state index in [1.807, 2.05) is 11.3 Å². The van der Waals surface area contributed by atoms with Gasteiger partial charge in [0.05, 0.1) is 10.4 Å². The summed E-state index contributed by atoms with van der Waals surface area (Å²) in [6, 6.07) is 2.27. The Balaban J connectivity index is 2.82. The zero-order valence-corrected chi connectivity index (χ0v) is 12.2. The van der Waals surface area contributed by atoms with Crippen LogP contribution in [-0.2, 0) is 6.42 Å². The van der Waals surface area contributed by atoms with Gasteiger partial charge in [0.15, 0.2) is 0 Å². The second kappa shape index (κ2) is 4.77. The number of nitrogens with zero attached hydrogens (tertiary/aromatic N) is 1. The highest BCUT2D eigenvalue weighted by Gasteiger charge is 2.18. The average Bonchev–Trinajstić information content (AvgIpc) is 2.74. The van der Waals surface area contributed by atoms with Gasteiger partial charge in [-0.2, -0.15) is 0 Å². The van der Waals surface area contributed by atoms with E-state index in [0.717, 1.165) is 6.42 Å². The van der Waals surface area contributed by atoms with Gasteiger partial charge in [0.1, 0.15) is 0 Å². The zero-order chi connectivity index (χ0) is 12.6. The first-order valence-electron chi connectivity index (χ1n) is 6.46. The number of aryl methyl sites for hydroxylation is 1. The van der Waals surface area contributed by atoms with Crippen molar-refractivity contribution in [2.24, 2.45) is 0 Å². The van der Waals surface area contributed by atoms with Crippen LogP contribution >= 0.6 is 11.3 Å².